The standard InChI is InChI=1S/C32H35N3O7S/c1-32(2,31(37)38)16-7-17-35(43(39)40)19-26-24(20-10-11-20)18-25-27(29(36)33-3)28(42-30(25)34-26)21-12-14-23(15-13-21)41-22-8-5-4-6-9-22/h4-6,8-9,12-15,18,20H,7,10-11,16-17,19H2,1-3H3,(H,33,36)(H,37,38)(H,39,40)/p-1. The number of para-hydroxylation sites is 1. The zero-order valence-electron chi connectivity index (χ0n) is 24.3. The molecule has 1 atom stereocenters. The summed E-state index contributed by atoms with van der Waals surface area (Å²) >= 11 is -2.54. The molecule has 0 bridgehead atoms. The van der Waals surface area contributed by atoms with E-state index in [2.05, 4.69) is 5.32 Å². The van der Waals surface area contributed by atoms with Crippen LogP contribution in [0, 0.1) is 5.41 Å². The third-order valence-corrected chi connectivity index (χ3v) is 8.42. The van der Waals surface area contributed by atoms with Crippen molar-refractivity contribution in [3.8, 4) is 22.8 Å². The van der Waals surface area contributed by atoms with Gasteiger partial charge >= 0.3 is 5.97 Å². The van der Waals surface area contributed by atoms with Crippen LogP contribution in [0.5, 0.6) is 11.5 Å². The number of ether oxygens (including phenoxy) is 1. The van der Waals surface area contributed by atoms with Crippen molar-refractivity contribution in [1.29, 1.82) is 0 Å². The van der Waals surface area contributed by atoms with Gasteiger partial charge in [0.15, 0.2) is 0 Å². The van der Waals surface area contributed by atoms with Gasteiger partial charge in [0.25, 0.3) is 5.91 Å². The number of pyridine rings is 1. The van der Waals surface area contributed by atoms with E-state index in [4.69, 9.17) is 14.1 Å². The van der Waals surface area contributed by atoms with E-state index in [1.165, 1.54) is 4.31 Å². The lowest BCUT2D eigenvalue weighted by molar-refractivity contribution is -0.147. The predicted molar refractivity (Wildman–Crippen MR) is 161 cm³/mol. The highest BCUT2D eigenvalue weighted by molar-refractivity contribution is 7.76. The third kappa shape index (κ3) is 6.96. The Balaban J connectivity index is 1.47. The quantitative estimate of drug-likeness (QED) is 0.177. The molecular formula is C32H34N3O7S-. The number of hydrogen-bond acceptors (Lipinski definition) is 7. The summed E-state index contributed by atoms with van der Waals surface area (Å²) in [5.74, 6) is 0.647. The van der Waals surface area contributed by atoms with Gasteiger partial charge in [-0.05, 0) is 93.5 Å². The first kappa shape index (κ1) is 30.4. The van der Waals surface area contributed by atoms with Crippen LogP contribution in [0.25, 0.3) is 22.4 Å². The maximum Gasteiger partial charge on any atom is 0.309 e. The second kappa shape index (κ2) is 12.7. The molecule has 2 aromatic carbocycles. The van der Waals surface area contributed by atoms with Gasteiger partial charge in [0.1, 0.15) is 17.3 Å². The van der Waals surface area contributed by atoms with Gasteiger partial charge in [-0.25, -0.2) is 9.29 Å². The second-order valence-corrected chi connectivity index (χ2v) is 12.3. The molecule has 43 heavy (non-hydrogen) atoms. The van der Waals surface area contributed by atoms with E-state index in [-0.39, 0.29) is 30.6 Å². The number of aromatic nitrogens is 1. The summed E-state index contributed by atoms with van der Waals surface area (Å²) < 4.78 is 37.7. The van der Waals surface area contributed by atoms with Crippen molar-refractivity contribution >= 4 is 34.2 Å². The fraction of sp³-hybridized carbons (Fsp3) is 0.344. The number of hydrogen-bond donors (Lipinski definition) is 2. The van der Waals surface area contributed by atoms with Crippen molar-refractivity contribution in [2.24, 2.45) is 5.41 Å². The molecule has 1 aliphatic carbocycles. The lowest BCUT2D eigenvalue weighted by atomic mass is 9.88. The normalized spacial score (nSPS) is 14.2. The van der Waals surface area contributed by atoms with Crippen LogP contribution in [0.3, 0.4) is 0 Å². The Hall–Kier alpha value is -4.06. The minimum absolute atomic E-state index is 0.0161. The van der Waals surface area contributed by atoms with Crippen LogP contribution >= 0.6 is 0 Å². The number of nitrogens with zero attached hydrogens (tertiary/aromatic N) is 2. The molecule has 5 rings (SSSR count). The average Bonchev–Trinajstić information content (AvgIpc) is 3.77. The van der Waals surface area contributed by atoms with E-state index in [1.54, 1.807) is 33.0 Å². The fourth-order valence-corrected chi connectivity index (χ4v) is 5.49. The molecule has 0 aliphatic heterocycles. The molecule has 0 spiro atoms. The van der Waals surface area contributed by atoms with E-state index in [9.17, 15) is 23.5 Å². The molecule has 2 aromatic heterocycles. The lowest BCUT2D eigenvalue weighted by Crippen LogP contribution is -2.30. The van der Waals surface area contributed by atoms with Crippen LogP contribution in [0.2, 0.25) is 0 Å². The molecular weight excluding hydrogens is 570 g/mol. The Morgan fingerprint density at radius 1 is 1.14 bits per heavy atom. The van der Waals surface area contributed by atoms with Crippen molar-refractivity contribution in [1.82, 2.24) is 14.6 Å². The number of carboxylic acid groups (broad SMARTS) is 1. The Morgan fingerprint density at radius 2 is 1.81 bits per heavy atom. The van der Waals surface area contributed by atoms with Gasteiger partial charge < -0.3 is 24.1 Å². The topological polar surface area (TPSA) is 145 Å². The maximum absolute atomic E-state index is 13.1. The first-order valence-corrected chi connectivity index (χ1v) is 15.2. The minimum Gasteiger partial charge on any atom is -0.760 e. The van der Waals surface area contributed by atoms with Crippen molar-refractivity contribution in [3.05, 3.63) is 77.5 Å². The lowest BCUT2D eigenvalue weighted by Gasteiger charge is -2.26. The number of benzene rings is 2. The number of aliphatic carboxylic acids is 1. The monoisotopic (exact) mass is 604 g/mol. The Labute approximate surface area is 252 Å². The Bertz CT molecular complexity index is 1650. The number of nitrogens with one attached hydrogen (secondary N) is 1. The largest absolute Gasteiger partial charge is 0.760 e. The minimum atomic E-state index is -2.54. The summed E-state index contributed by atoms with van der Waals surface area (Å²) in [7, 11) is 1.55. The fourth-order valence-electron chi connectivity index (χ4n) is 4.98. The zero-order chi connectivity index (χ0) is 30.7. The molecule has 0 saturated heterocycles. The van der Waals surface area contributed by atoms with E-state index >= 15 is 0 Å². The van der Waals surface area contributed by atoms with E-state index < -0.39 is 22.7 Å². The first-order valence-electron chi connectivity index (χ1n) is 14.2. The number of carbonyl (C=O) groups excluding carboxylic acids is 1. The summed E-state index contributed by atoms with van der Waals surface area (Å²) in [4.78, 5) is 29.4. The number of fused-ring (bicyclic) bond motifs is 1. The maximum atomic E-state index is 13.1. The smallest absolute Gasteiger partial charge is 0.309 e. The molecule has 4 aromatic rings. The third-order valence-electron chi connectivity index (χ3n) is 7.69. The van der Waals surface area contributed by atoms with Crippen LogP contribution in [0.15, 0.2) is 65.1 Å². The highest BCUT2D eigenvalue weighted by atomic mass is 32.2. The first-order chi connectivity index (χ1) is 20.6. The van der Waals surface area contributed by atoms with Gasteiger partial charge in [-0.15, -0.1) is 0 Å². The summed E-state index contributed by atoms with van der Waals surface area (Å²) in [6.45, 7) is 3.41. The number of carboxylic acids is 1. The SMILES string of the molecule is CNC(=O)c1c(-c2ccc(Oc3ccccc3)cc2)oc2nc(CN(CCCC(C)(C)C(=O)O)S(=O)[O-])c(C3CC3)cc12. The van der Waals surface area contributed by atoms with Gasteiger partial charge in [-0.2, -0.15) is 0 Å². The molecule has 2 N–H and O–H groups in total. The number of furan rings is 1. The number of rotatable bonds is 13. The van der Waals surface area contributed by atoms with Gasteiger partial charge in [-0.3, -0.25) is 13.8 Å². The van der Waals surface area contributed by atoms with E-state index in [0.717, 1.165) is 18.4 Å². The molecule has 226 valence electrons. The van der Waals surface area contributed by atoms with Crippen molar-refractivity contribution in [3.63, 3.8) is 0 Å². The molecule has 11 heteroatoms. The van der Waals surface area contributed by atoms with Crippen LogP contribution in [0.1, 0.15) is 67.1 Å². The second-order valence-electron chi connectivity index (χ2n) is 11.3. The van der Waals surface area contributed by atoms with Crippen LogP contribution in [-0.2, 0) is 22.6 Å². The highest BCUT2D eigenvalue weighted by Gasteiger charge is 2.32. The van der Waals surface area contributed by atoms with Crippen LogP contribution < -0.4 is 10.1 Å². The Kier molecular flexibility index (Phi) is 8.95. The summed E-state index contributed by atoms with van der Waals surface area (Å²) in [5.41, 5.74) is 1.75. The van der Waals surface area contributed by atoms with Crippen molar-refractivity contribution in [2.45, 2.75) is 52.0 Å². The summed E-state index contributed by atoms with van der Waals surface area (Å²) in [6.07, 6.45) is 2.58. The zero-order valence-corrected chi connectivity index (χ0v) is 25.1. The summed E-state index contributed by atoms with van der Waals surface area (Å²) in [5, 5.41) is 12.7. The van der Waals surface area contributed by atoms with Crippen molar-refractivity contribution < 1.29 is 32.6 Å². The summed E-state index contributed by atoms with van der Waals surface area (Å²) in [6, 6.07) is 18.5. The van der Waals surface area contributed by atoms with Crippen LogP contribution in [0.4, 0.5) is 0 Å². The average molecular weight is 605 g/mol. The van der Waals surface area contributed by atoms with Gasteiger partial charge in [-0.1, -0.05) is 18.2 Å². The van der Waals surface area contributed by atoms with E-state index in [0.29, 0.717) is 52.3 Å². The molecule has 1 aliphatic rings. The molecule has 0 radical (unpaired) electrons. The number of carbonyl (C=O) groups is 2. The van der Waals surface area contributed by atoms with E-state index in [1.807, 2.05) is 48.5 Å². The van der Waals surface area contributed by atoms with Gasteiger partial charge in [0.05, 0.1) is 28.6 Å². The molecule has 1 saturated carbocycles. The molecule has 2 heterocycles. The molecule has 10 nitrogen and oxygen atoms in total. The molecule has 1 unspecified atom stereocenters. The highest BCUT2D eigenvalue weighted by Crippen LogP contribution is 2.44. The Morgan fingerprint density at radius 3 is 2.42 bits per heavy atom. The van der Waals surface area contributed by atoms with Gasteiger partial charge in [0, 0.05) is 30.4 Å². The molecule has 1 fully saturated rings. The van der Waals surface area contributed by atoms with Gasteiger partial charge in [0.2, 0.25) is 5.71 Å². The number of amides is 1. The van der Waals surface area contributed by atoms with Crippen molar-refractivity contribution in [2.75, 3.05) is 13.6 Å². The van der Waals surface area contributed by atoms with Crippen LogP contribution in [-0.4, -0.2) is 48.6 Å². The predicted octanol–water partition coefficient (Wildman–Crippen LogP) is 6.01. The molecule has 1 amide bonds.